The average molecular weight is 345 g/mol. The van der Waals surface area contributed by atoms with Crippen LogP contribution in [-0.4, -0.2) is 53.7 Å². The number of amides is 1. The summed E-state index contributed by atoms with van der Waals surface area (Å²) in [5, 5.41) is 0. The molecule has 24 heavy (non-hydrogen) atoms. The van der Waals surface area contributed by atoms with Gasteiger partial charge in [0.2, 0.25) is 5.91 Å². The van der Waals surface area contributed by atoms with E-state index in [-0.39, 0.29) is 5.91 Å². The van der Waals surface area contributed by atoms with Crippen molar-refractivity contribution in [3.05, 3.63) is 42.0 Å². The van der Waals surface area contributed by atoms with E-state index in [9.17, 15) is 4.79 Å². The van der Waals surface area contributed by atoms with Crippen molar-refractivity contribution < 1.29 is 4.79 Å². The second kappa shape index (κ2) is 8.72. The zero-order valence-electron chi connectivity index (χ0n) is 14.6. The van der Waals surface area contributed by atoms with Crippen LogP contribution in [0.25, 0.3) is 0 Å². The predicted molar refractivity (Wildman–Crippen MR) is 101 cm³/mol. The van der Waals surface area contributed by atoms with Crippen LogP contribution in [0.15, 0.2) is 46.9 Å². The first kappa shape index (κ1) is 17.6. The summed E-state index contributed by atoms with van der Waals surface area (Å²) in [6.07, 6.45) is 7.05. The highest BCUT2D eigenvalue weighted by molar-refractivity contribution is 7.99. The van der Waals surface area contributed by atoms with Gasteiger partial charge in [0.15, 0.2) is 0 Å². The van der Waals surface area contributed by atoms with Crippen LogP contribution in [0.4, 0.5) is 0 Å². The maximum Gasteiger partial charge on any atom is 0.219 e. The number of thioether (sulfide) groups is 1. The molecule has 1 aromatic carbocycles. The van der Waals surface area contributed by atoms with Crippen molar-refractivity contribution >= 4 is 17.7 Å². The van der Waals surface area contributed by atoms with Gasteiger partial charge in [-0.15, -0.1) is 11.8 Å². The molecule has 0 N–H and O–H groups in total. The van der Waals surface area contributed by atoms with Gasteiger partial charge in [0, 0.05) is 43.8 Å². The molecule has 1 saturated heterocycles. The van der Waals surface area contributed by atoms with E-state index in [0.29, 0.717) is 6.04 Å². The number of likely N-dealkylation sites (tertiary alicyclic amines) is 1. The normalized spacial score (nSPS) is 22.3. The van der Waals surface area contributed by atoms with Gasteiger partial charge in [0.05, 0.1) is 6.04 Å². The van der Waals surface area contributed by atoms with Crippen molar-refractivity contribution in [3.8, 4) is 0 Å². The third-order valence-corrected chi connectivity index (χ3v) is 6.00. The van der Waals surface area contributed by atoms with Crippen molar-refractivity contribution in [2.45, 2.75) is 43.5 Å². The lowest BCUT2D eigenvalue weighted by Crippen LogP contribution is -2.47. The Labute approximate surface area is 150 Å². The Morgan fingerprint density at radius 1 is 1.21 bits per heavy atom. The Morgan fingerprint density at radius 2 is 2.04 bits per heavy atom. The molecule has 0 spiro atoms. The van der Waals surface area contributed by atoms with E-state index in [0.717, 1.165) is 51.2 Å². The second-order valence-electron chi connectivity index (χ2n) is 6.73. The Bertz CT molecular complexity index is 572. The van der Waals surface area contributed by atoms with Gasteiger partial charge in [-0.25, -0.2) is 0 Å². The lowest BCUT2D eigenvalue weighted by Gasteiger charge is -2.39. The highest BCUT2D eigenvalue weighted by Crippen LogP contribution is 2.26. The molecule has 2 aliphatic rings. The predicted octanol–water partition coefficient (Wildman–Crippen LogP) is 3.81. The van der Waals surface area contributed by atoms with Crippen LogP contribution < -0.4 is 0 Å². The first-order chi connectivity index (χ1) is 11.7. The molecule has 0 bridgehead atoms. The summed E-state index contributed by atoms with van der Waals surface area (Å²) in [6, 6.07) is 11.0. The maximum absolute atomic E-state index is 11.9. The third kappa shape index (κ3) is 4.64. The molecule has 1 aromatic rings. The number of rotatable bonds is 5. The Morgan fingerprint density at radius 3 is 2.83 bits per heavy atom. The van der Waals surface area contributed by atoms with Gasteiger partial charge in [0.1, 0.15) is 0 Å². The fourth-order valence-electron chi connectivity index (χ4n) is 3.77. The molecule has 2 heterocycles. The molecule has 4 heteroatoms. The number of carbonyl (C=O) groups is 1. The minimum absolute atomic E-state index is 0.234. The molecule has 0 aliphatic carbocycles. The average Bonchev–Trinajstić information content (AvgIpc) is 2.63. The molecule has 0 unspecified atom stereocenters. The minimum Gasteiger partial charge on any atom is -0.336 e. The third-order valence-electron chi connectivity index (χ3n) is 5.01. The van der Waals surface area contributed by atoms with Crippen molar-refractivity contribution in [1.29, 1.82) is 0 Å². The van der Waals surface area contributed by atoms with Crippen molar-refractivity contribution in [1.82, 2.24) is 9.80 Å². The van der Waals surface area contributed by atoms with Crippen LogP contribution in [0.1, 0.15) is 32.6 Å². The molecular weight excluding hydrogens is 316 g/mol. The van der Waals surface area contributed by atoms with Gasteiger partial charge in [-0.05, 0) is 43.4 Å². The maximum atomic E-state index is 11.9. The lowest BCUT2D eigenvalue weighted by molar-refractivity contribution is -0.131. The van der Waals surface area contributed by atoms with Crippen LogP contribution in [-0.2, 0) is 4.79 Å². The highest BCUT2D eigenvalue weighted by atomic mass is 32.2. The van der Waals surface area contributed by atoms with E-state index in [1.807, 2.05) is 11.8 Å². The van der Waals surface area contributed by atoms with E-state index in [1.165, 1.54) is 16.9 Å². The van der Waals surface area contributed by atoms with Gasteiger partial charge >= 0.3 is 0 Å². The topological polar surface area (TPSA) is 23.6 Å². The van der Waals surface area contributed by atoms with E-state index in [2.05, 4.69) is 46.2 Å². The van der Waals surface area contributed by atoms with Crippen molar-refractivity contribution in [2.75, 3.05) is 31.9 Å². The molecule has 0 saturated carbocycles. The van der Waals surface area contributed by atoms with Crippen molar-refractivity contribution in [3.63, 3.8) is 0 Å². The number of piperidine rings is 1. The molecule has 0 radical (unpaired) electrons. The summed E-state index contributed by atoms with van der Waals surface area (Å²) in [7, 11) is 0. The number of hydrogen-bond donors (Lipinski definition) is 0. The van der Waals surface area contributed by atoms with E-state index >= 15 is 0 Å². The summed E-state index contributed by atoms with van der Waals surface area (Å²) in [5.74, 6) is 1.36. The highest BCUT2D eigenvalue weighted by Gasteiger charge is 2.29. The minimum atomic E-state index is 0.234. The SMILES string of the molecule is CC(=O)N1CCCC[C@H]1C1=CCCN(CCSc2ccccc2)C1. The van der Waals surface area contributed by atoms with Gasteiger partial charge < -0.3 is 4.90 Å². The monoisotopic (exact) mass is 344 g/mol. The Balaban J connectivity index is 1.52. The number of carbonyl (C=O) groups excluding carboxylic acids is 1. The molecule has 2 aliphatic heterocycles. The van der Waals surface area contributed by atoms with E-state index in [4.69, 9.17) is 0 Å². The van der Waals surface area contributed by atoms with Gasteiger partial charge in [-0.3, -0.25) is 9.69 Å². The molecule has 1 atom stereocenters. The summed E-state index contributed by atoms with van der Waals surface area (Å²) in [4.78, 5) is 17.9. The molecule has 3 nitrogen and oxygen atoms in total. The van der Waals surface area contributed by atoms with Crippen LogP contribution in [0.2, 0.25) is 0 Å². The van der Waals surface area contributed by atoms with Gasteiger partial charge in [-0.2, -0.15) is 0 Å². The van der Waals surface area contributed by atoms with Crippen LogP contribution in [0, 0.1) is 0 Å². The van der Waals surface area contributed by atoms with Crippen LogP contribution in [0.3, 0.4) is 0 Å². The molecule has 3 rings (SSSR count). The van der Waals surface area contributed by atoms with Gasteiger partial charge in [0.25, 0.3) is 0 Å². The van der Waals surface area contributed by atoms with Crippen LogP contribution in [0.5, 0.6) is 0 Å². The zero-order valence-corrected chi connectivity index (χ0v) is 15.4. The first-order valence-corrected chi connectivity index (χ1v) is 10.1. The molecule has 1 fully saturated rings. The summed E-state index contributed by atoms with van der Waals surface area (Å²) < 4.78 is 0. The smallest absolute Gasteiger partial charge is 0.219 e. The Hall–Kier alpha value is -1.26. The number of benzene rings is 1. The van der Waals surface area contributed by atoms with E-state index in [1.54, 1.807) is 6.92 Å². The first-order valence-electron chi connectivity index (χ1n) is 9.10. The lowest BCUT2D eigenvalue weighted by atomic mass is 9.92. The fraction of sp³-hybridized carbons (Fsp3) is 0.550. The largest absolute Gasteiger partial charge is 0.336 e. The second-order valence-corrected chi connectivity index (χ2v) is 7.90. The zero-order chi connectivity index (χ0) is 16.8. The standard InChI is InChI=1S/C20H28N2OS/c1-17(23)22-13-6-5-11-20(22)18-8-7-12-21(16-18)14-15-24-19-9-3-2-4-10-19/h2-4,8-10,20H,5-7,11-16H2,1H3/t20-/m0/s1. The van der Waals surface area contributed by atoms with Gasteiger partial charge in [-0.1, -0.05) is 24.3 Å². The van der Waals surface area contributed by atoms with Crippen LogP contribution >= 0.6 is 11.8 Å². The summed E-state index contributed by atoms with van der Waals surface area (Å²) in [6.45, 7) is 5.94. The Kier molecular flexibility index (Phi) is 6.38. The molecular formula is C20H28N2OS. The number of hydrogen-bond acceptors (Lipinski definition) is 3. The molecule has 1 amide bonds. The van der Waals surface area contributed by atoms with Crippen molar-refractivity contribution in [2.24, 2.45) is 0 Å². The summed E-state index contributed by atoms with van der Waals surface area (Å²) >= 11 is 1.93. The quantitative estimate of drug-likeness (QED) is 0.599. The molecule has 0 aromatic heterocycles. The number of nitrogens with zero attached hydrogens (tertiary/aromatic N) is 2. The fourth-order valence-corrected chi connectivity index (χ4v) is 4.70. The molecule has 130 valence electrons. The van der Waals surface area contributed by atoms with E-state index < -0.39 is 0 Å². The summed E-state index contributed by atoms with van der Waals surface area (Å²) in [5.41, 5.74) is 1.47.